The molecule has 2 amide bonds. The van der Waals surface area contributed by atoms with Gasteiger partial charge in [-0.3, -0.25) is 9.59 Å². The summed E-state index contributed by atoms with van der Waals surface area (Å²) >= 11 is 1.59. The molecule has 3 rings (SSSR count). The smallest absolute Gasteiger partial charge is 0.225 e. The van der Waals surface area contributed by atoms with Crippen LogP contribution in [-0.4, -0.2) is 45.6 Å². The minimum absolute atomic E-state index is 0.0199. The van der Waals surface area contributed by atoms with Gasteiger partial charge in [-0.2, -0.15) is 0 Å². The van der Waals surface area contributed by atoms with Crippen LogP contribution in [0.15, 0.2) is 11.4 Å². The summed E-state index contributed by atoms with van der Waals surface area (Å²) in [5, 5.41) is 3.96. The molecule has 1 aliphatic heterocycles. The van der Waals surface area contributed by atoms with Gasteiger partial charge < -0.3 is 14.8 Å². The summed E-state index contributed by atoms with van der Waals surface area (Å²) in [6.07, 6.45) is 7.42. The molecule has 1 saturated heterocycles. The van der Waals surface area contributed by atoms with Crippen LogP contribution >= 0.6 is 11.8 Å². The van der Waals surface area contributed by atoms with Crippen molar-refractivity contribution in [2.24, 2.45) is 18.9 Å². The normalized spacial score (nSPS) is 19.0. The molecule has 6 nitrogen and oxygen atoms in total. The molecule has 1 aliphatic carbocycles. The molecule has 0 spiro atoms. The predicted octanol–water partition coefficient (Wildman–Crippen LogP) is 1.41. The van der Waals surface area contributed by atoms with E-state index in [1.165, 1.54) is 0 Å². The van der Waals surface area contributed by atoms with Crippen molar-refractivity contribution in [2.75, 3.05) is 19.3 Å². The van der Waals surface area contributed by atoms with Crippen LogP contribution in [0.5, 0.6) is 0 Å². The first-order valence-electron chi connectivity index (χ1n) is 8.21. The Bertz CT molecular complexity index is 589. The lowest BCUT2D eigenvalue weighted by Gasteiger charge is -2.31. The average molecular weight is 336 g/mol. The van der Waals surface area contributed by atoms with Crippen LogP contribution in [0.1, 0.15) is 31.4 Å². The molecule has 0 unspecified atom stereocenters. The molecular formula is C16H24N4O2S. The Kier molecular flexibility index (Phi) is 4.94. The fourth-order valence-electron chi connectivity index (χ4n) is 3.05. The van der Waals surface area contributed by atoms with Gasteiger partial charge in [0.2, 0.25) is 11.8 Å². The quantitative estimate of drug-likeness (QED) is 0.826. The van der Waals surface area contributed by atoms with Gasteiger partial charge in [0, 0.05) is 32.0 Å². The molecule has 1 saturated carbocycles. The fraction of sp³-hybridized carbons (Fsp3) is 0.688. The fourth-order valence-corrected chi connectivity index (χ4v) is 3.60. The molecule has 1 aromatic heterocycles. The Hall–Kier alpha value is -1.50. The van der Waals surface area contributed by atoms with E-state index in [1.54, 1.807) is 11.8 Å². The zero-order chi connectivity index (χ0) is 16.4. The number of thioether (sulfide) groups is 1. The number of aromatic nitrogens is 2. The second-order valence-corrected chi connectivity index (χ2v) is 7.16. The standard InChI is InChI=1S/C16H24N4O2S/c1-19-13(10-18-16(19)23-2)9-17-14(21)11-5-7-20(8-6-11)15(22)12-3-4-12/h10-12H,3-9H2,1-2H3,(H,17,21). The van der Waals surface area contributed by atoms with Crippen LogP contribution in [0.25, 0.3) is 0 Å². The number of amides is 2. The third kappa shape index (κ3) is 3.71. The van der Waals surface area contributed by atoms with E-state index in [-0.39, 0.29) is 17.7 Å². The first-order chi connectivity index (χ1) is 11.1. The van der Waals surface area contributed by atoms with E-state index in [2.05, 4.69) is 10.3 Å². The van der Waals surface area contributed by atoms with Gasteiger partial charge in [0.1, 0.15) is 0 Å². The molecule has 0 atom stereocenters. The van der Waals surface area contributed by atoms with Gasteiger partial charge in [-0.1, -0.05) is 11.8 Å². The summed E-state index contributed by atoms with van der Waals surface area (Å²) in [6, 6.07) is 0. The topological polar surface area (TPSA) is 67.2 Å². The SMILES string of the molecule is CSc1ncc(CNC(=O)C2CCN(C(=O)C3CC3)CC2)n1C. The van der Waals surface area contributed by atoms with Gasteiger partial charge in [0.25, 0.3) is 0 Å². The second-order valence-electron chi connectivity index (χ2n) is 6.39. The van der Waals surface area contributed by atoms with E-state index in [4.69, 9.17) is 0 Å². The minimum atomic E-state index is 0.0199. The van der Waals surface area contributed by atoms with Crippen LogP contribution < -0.4 is 5.32 Å². The van der Waals surface area contributed by atoms with Crippen LogP contribution in [0.4, 0.5) is 0 Å². The highest BCUT2D eigenvalue weighted by atomic mass is 32.2. The van der Waals surface area contributed by atoms with Gasteiger partial charge >= 0.3 is 0 Å². The van der Waals surface area contributed by atoms with Crippen molar-refractivity contribution in [3.05, 3.63) is 11.9 Å². The Morgan fingerprint density at radius 2 is 1.96 bits per heavy atom. The molecule has 1 N–H and O–H groups in total. The van der Waals surface area contributed by atoms with E-state index in [9.17, 15) is 9.59 Å². The maximum Gasteiger partial charge on any atom is 0.225 e. The number of nitrogens with zero attached hydrogens (tertiary/aromatic N) is 3. The molecule has 2 fully saturated rings. The monoisotopic (exact) mass is 336 g/mol. The highest BCUT2D eigenvalue weighted by Gasteiger charge is 2.35. The lowest BCUT2D eigenvalue weighted by Crippen LogP contribution is -2.43. The Balaban J connectivity index is 1.45. The second kappa shape index (κ2) is 6.95. The van der Waals surface area contributed by atoms with Crippen molar-refractivity contribution in [3.8, 4) is 0 Å². The molecule has 0 aromatic carbocycles. The zero-order valence-electron chi connectivity index (χ0n) is 13.7. The van der Waals surface area contributed by atoms with E-state index in [1.807, 2.05) is 29.0 Å². The van der Waals surface area contributed by atoms with Crippen molar-refractivity contribution in [2.45, 2.75) is 37.4 Å². The first kappa shape index (κ1) is 16.4. The largest absolute Gasteiger partial charge is 0.350 e. The summed E-state index contributed by atoms with van der Waals surface area (Å²) in [6.45, 7) is 1.94. The summed E-state index contributed by atoms with van der Waals surface area (Å²) in [5.41, 5.74) is 1.00. The van der Waals surface area contributed by atoms with Crippen molar-refractivity contribution in [3.63, 3.8) is 0 Å². The molecule has 0 radical (unpaired) electrons. The Morgan fingerprint density at radius 3 is 2.52 bits per heavy atom. The molecule has 2 heterocycles. The van der Waals surface area contributed by atoms with Crippen LogP contribution in [0.2, 0.25) is 0 Å². The molecular weight excluding hydrogens is 312 g/mol. The number of rotatable bonds is 5. The van der Waals surface area contributed by atoms with Crippen molar-refractivity contribution in [1.82, 2.24) is 19.8 Å². The highest BCUT2D eigenvalue weighted by Crippen LogP contribution is 2.32. The Morgan fingerprint density at radius 1 is 1.26 bits per heavy atom. The van der Waals surface area contributed by atoms with Crippen LogP contribution in [-0.2, 0) is 23.2 Å². The number of likely N-dealkylation sites (tertiary alicyclic amines) is 1. The Labute approximate surface area is 141 Å². The van der Waals surface area contributed by atoms with Gasteiger partial charge in [-0.25, -0.2) is 4.98 Å². The molecule has 126 valence electrons. The van der Waals surface area contributed by atoms with E-state index in [0.717, 1.165) is 49.6 Å². The van der Waals surface area contributed by atoms with E-state index >= 15 is 0 Å². The number of carbonyl (C=O) groups excluding carboxylic acids is 2. The maximum atomic E-state index is 12.3. The van der Waals surface area contributed by atoms with Gasteiger partial charge in [-0.05, 0) is 31.9 Å². The molecule has 2 aliphatic rings. The third-order valence-corrected chi connectivity index (χ3v) is 5.52. The molecule has 23 heavy (non-hydrogen) atoms. The summed E-state index contributed by atoms with van der Waals surface area (Å²) in [7, 11) is 1.96. The lowest BCUT2D eigenvalue weighted by atomic mass is 9.95. The summed E-state index contributed by atoms with van der Waals surface area (Å²) in [5.74, 6) is 0.682. The molecule has 0 bridgehead atoms. The number of hydrogen-bond acceptors (Lipinski definition) is 4. The van der Waals surface area contributed by atoms with Gasteiger partial charge in [-0.15, -0.1) is 0 Å². The first-order valence-corrected chi connectivity index (χ1v) is 9.43. The van der Waals surface area contributed by atoms with Crippen molar-refractivity contribution in [1.29, 1.82) is 0 Å². The number of hydrogen-bond donors (Lipinski definition) is 1. The van der Waals surface area contributed by atoms with E-state index in [0.29, 0.717) is 12.5 Å². The zero-order valence-corrected chi connectivity index (χ0v) is 14.6. The predicted molar refractivity (Wildman–Crippen MR) is 88.9 cm³/mol. The van der Waals surface area contributed by atoms with Gasteiger partial charge in [0.05, 0.1) is 18.4 Å². The van der Waals surface area contributed by atoms with E-state index < -0.39 is 0 Å². The lowest BCUT2D eigenvalue weighted by molar-refractivity contribution is -0.136. The van der Waals surface area contributed by atoms with Crippen molar-refractivity contribution >= 4 is 23.6 Å². The molecule has 7 heteroatoms. The van der Waals surface area contributed by atoms with Crippen LogP contribution in [0, 0.1) is 11.8 Å². The number of nitrogens with one attached hydrogen (secondary N) is 1. The maximum absolute atomic E-state index is 12.3. The number of piperidine rings is 1. The third-order valence-electron chi connectivity index (χ3n) is 4.77. The highest BCUT2D eigenvalue weighted by molar-refractivity contribution is 7.98. The van der Waals surface area contributed by atoms with Crippen LogP contribution in [0.3, 0.4) is 0 Å². The summed E-state index contributed by atoms with van der Waals surface area (Å²) < 4.78 is 2.00. The summed E-state index contributed by atoms with van der Waals surface area (Å²) in [4.78, 5) is 30.6. The van der Waals surface area contributed by atoms with Crippen molar-refractivity contribution < 1.29 is 9.59 Å². The minimum Gasteiger partial charge on any atom is -0.350 e. The molecule has 1 aromatic rings. The number of imidazole rings is 1. The van der Waals surface area contributed by atoms with Gasteiger partial charge in [0.15, 0.2) is 5.16 Å². The number of carbonyl (C=O) groups is 2. The average Bonchev–Trinajstić information content (AvgIpc) is 3.36.